The zero-order valence-electron chi connectivity index (χ0n) is 9.86. The molecule has 0 aliphatic rings. The first kappa shape index (κ1) is 13.8. The maximum Gasteiger partial charge on any atom is 0.303 e. The van der Waals surface area contributed by atoms with E-state index in [1.807, 2.05) is 12.1 Å². The number of carbonyl (C=O) groups is 1. The van der Waals surface area contributed by atoms with E-state index in [4.69, 9.17) is 21.4 Å². The number of carboxylic acid groups (broad SMARTS) is 1. The highest BCUT2D eigenvalue weighted by atomic mass is 35.5. The summed E-state index contributed by atoms with van der Waals surface area (Å²) in [4.78, 5) is 10.3. The molecular weight excluding hydrogens is 240 g/mol. The zero-order chi connectivity index (χ0) is 12.7. The highest BCUT2D eigenvalue weighted by molar-refractivity contribution is 6.30. The topological polar surface area (TPSA) is 46.5 Å². The second-order valence-corrected chi connectivity index (χ2v) is 4.59. The van der Waals surface area contributed by atoms with Gasteiger partial charge in [-0.1, -0.05) is 18.5 Å². The fraction of sp³-hybridized carbons (Fsp3) is 0.462. The van der Waals surface area contributed by atoms with Crippen LogP contribution in [0.25, 0.3) is 0 Å². The molecule has 0 amide bonds. The van der Waals surface area contributed by atoms with Gasteiger partial charge < -0.3 is 9.84 Å². The number of benzene rings is 1. The lowest BCUT2D eigenvalue weighted by Crippen LogP contribution is -2.09. The molecule has 0 saturated carbocycles. The smallest absolute Gasteiger partial charge is 0.303 e. The van der Waals surface area contributed by atoms with Crippen LogP contribution in [0.3, 0.4) is 0 Å². The van der Waals surface area contributed by atoms with E-state index in [2.05, 4.69) is 6.92 Å². The summed E-state index contributed by atoms with van der Waals surface area (Å²) in [5.41, 5.74) is 0. The van der Waals surface area contributed by atoms with E-state index >= 15 is 0 Å². The molecule has 1 atom stereocenters. The Morgan fingerprint density at radius 3 is 2.65 bits per heavy atom. The van der Waals surface area contributed by atoms with Crippen molar-refractivity contribution in [3.63, 3.8) is 0 Å². The Balaban J connectivity index is 2.21. The molecule has 0 heterocycles. The first-order valence-electron chi connectivity index (χ1n) is 5.68. The molecular formula is C13H17ClO3. The molecule has 1 unspecified atom stereocenters. The second kappa shape index (κ2) is 7.17. The van der Waals surface area contributed by atoms with Crippen LogP contribution in [-0.4, -0.2) is 17.7 Å². The van der Waals surface area contributed by atoms with Gasteiger partial charge in [0.15, 0.2) is 0 Å². The Morgan fingerprint density at radius 1 is 1.41 bits per heavy atom. The molecule has 1 aromatic carbocycles. The lowest BCUT2D eigenvalue weighted by molar-refractivity contribution is -0.137. The highest BCUT2D eigenvalue weighted by Gasteiger charge is 2.05. The van der Waals surface area contributed by atoms with Crippen molar-refractivity contribution in [3.05, 3.63) is 29.3 Å². The molecule has 0 spiro atoms. The van der Waals surface area contributed by atoms with Crippen molar-refractivity contribution in [1.82, 2.24) is 0 Å². The van der Waals surface area contributed by atoms with Gasteiger partial charge in [-0.25, -0.2) is 0 Å². The van der Waals surface area contributed by atoms with E-state index in [-0.39, 0.29) is 6.42 Å². The summed E-state index contributed by atoms with van der Waals surface area (Å²) in [6.45, 7) is 2.65. The maximum absolute atomic E-state index is 10.3. The van der Waals surface area contributed by atoms with Crippen LogP contribution in [0.2, 0.25) is 5.02 Å². The second-order valence-electron chi connectivity index (χ2n) is 4.16. The number of aliphatic carboxylic acids is 1. The Hall–Kier alpha value is -1.22. The average molecular weight is 257 g/mol. The molecule has 0 bridgehead atoms. The number of halogens is 1. The third-order valence-corrected chi connectivity index (χ3v) is 2.69. The summed E-state index contributed by atoms with van der Waals surface area (Å²) in [5.74, 6) is 0.403. The van der Waals surface area contributed by atoms with Gasteiger partial charge in [-0.2, -0.15) is 0 Å². The summed E-state index contributed by atoms with van der Waals surface area (Å²) in [6, 6.07) is 7.22. The van der Waals surface area contributed by atoms with Crippen molar-refractivity contribution in [2.24, 2.45) is 5.92 Å². The predicted octanol–water partition coefficient (Wildman–Crippen LogP) is 3.61. The van der Waals surface area contributed by atoms with Gasteiger partial charge in [0.25, 0.3) is 0 Å². The molecule has 3 nitrogen and oxygen atoms in total. The average Bonchev–Trinajstić information content (AvgIpc) is 2.28. The van der Waals surface area contributed by atoms with Gasteiger partial charge in [0.2, 0.25) is 0 Å². The van der Waals surface area contributed by atoms with Gasteiger partial charge in [-0.15, -0.1) is 0 Å². The number of hydrogen-bond donors (Lipinski definition) is 1. The molecule has 0 fully saturated rings. The molecule has 0 aromatic heterocycles. The number of ether oxygens (including phenoxy) is 1. The van der Waals surface area contributed by atoms with Gasteiger partial charge >= 0.3 is 5.97 Å². The molecule has 0 saturated heterocycles. The van der Waals surface area contributed by atoms with Crippen LogP contribution >= 0.6 is 11.6 Å². The summed E-state index contributed by atoms with van der Waals surface area (Å²) < 4.78 is 5.57. The van der Waals surface area contributed by atoms with Crippen molar-refractivity contribution in [1.29, 1.82) is 0 Å². The van der Waals surface area contributed by atoms with Crippen molar-refractivity contribution >= 4 is 17.6 Å². The van der Waals surface area contributed by atoms with E-state index in [9.17, 15) is 4.79 Å². The number of carboxylic acids is 1. The fourth-order valence-corrected chi connectivity index (χ4v) is 1.58. The zero-order valence-corrected chi connectivity index (χ0v) is 10.6. The van der Waals surface area contributed by atoms with Gasteiger partial charge in [0, 0.05) is 11.4 Å². The molecule has 0 aliphatic heterocycles. The Bertz CT molecular complexity index is 348. The minimum atomic E-state index is -0.740. The van der Waals surface area contributed by atoms with Gasteiger partial charge in [-0.05, 0) is 43.0 Å². The van der Waals surface area contributed by atoms with E-state index in [1.165, 1.54) is 0 Å². The van der Waals surface area contributed by atoms with Crippen LogP contribution in [0.1, 0.15) is 26.2 Å². The summed E-state index contributed by atoms with van der Waals surface area (Å²) in [6.07, 6.45) is 1.78. The molecule has 4 heteroatoms. The normalized spacial score (nSPS) is 12.1. The molecule has 1 rings (SSSR count). The highest BCUT2D eigenvalue weighted by Crippen LogP contribution is 2.17. The number of hydrogen-bond acceptors (Lipinski definition) is 2. The molecule has 94 valence electrons. The lowest BCUT2D eigenvalue weighted by Gasteiger charge is -2.12. The van der Waals surface area contributed by atoms with Gasteiger partial charge in [0.1, 0.15) is 5.75 Å². The van der Waals surface area contributed by atoms with Crippen LogP contribution in [0, 0.1) is 5.92 Å². The summed E-state index contributed by atoms with van der Waals surface area (Å²) >= 11 is 5.76. The van der Waals surface area contributed by atoms with E-state index in [0.717, 1.165) is 12.2 Å². The Kier molecular flexibility index (Phi) is 5.84. The molecule has 1 N–H and O–H groups in total. The molecule has 1 aromatic rings. The standard InChI is InChI=1S/C13H17ClO3/c1-10(3-2-4-13(15)16)9-17-12-7-5-11(14)6-8-12/h5-8,10H,2-4,9H2,1H3,(H,15,16). The third-order valence-electron chi connectivity index (χ3n) is 2.44. The number of rotatable bonds is 7. The molecule has 17 heavy (non-hydrogen) atoms. The van der Waals surface area contributed by atoms with E-state index in [0.29, 0.717) is 24.0 Å². The SMILES string of the molecule is CC(CCCC(=O)O)COc1ccc(Cl)cc1. The van der Waals surface area contributed by atoms with Gasteiger partial charge in [0.05, 0.1) is 6.61 Å². The Morgan fingerprint density at radius 2 is 2.06 bits per heavy atom. The van der Waals surface area contributed by atoms with Crippen LogP contribution in [0.5, 0.6) is 5.75 Å². The van der Waals surface area contributed by atoms with Crippen LogP contribution < -0.4 is 4.74 Å². The minimum Gasteiger partial charge on any atom is -0.493 e. The Labute approximate surface area is 106 Å². The lowest BCUT2D eigenvalue weighted by atomic mass is 10.1. The van der Waals surface area contributed by atoms with E-state index < -0.39 is 5.97 Å². The summed E-state index contributed by atoms with van der Waals surface area (Å²) in [5, 5.41) is 9.20. The van der Waals surface area contributed by atoms with Crippen LogP contribution in [-0.2, 0) is 4.79 Å². The van der Waals surface area contributed by atoms with Crippen molar-refractivity contribution in [3.8, 4) is 5.75 Å². The van der Waals surface area contributed by atoms with Crippen LogP contribution in [0.4, 0.5) is 0 Å². The monoisotopic (exact) mass is 256 g/mol. The first-order valence-corrected chi connectivity index (χ1v) is 6.06. The largest absolute Gasteiger partial charge is 0.493 e. The molecule has 0 radical (unpaired) electrons. The van der Waals surface area contributed by atoms with Crippen molar-refractivity contribution < 1.29 is 14.6 Å². The van der Waals surface area contributed by atoms with Crippen molar-refractivity contribution in [2.45, 2.75) is 26.2 Å². The summed E-state index contributed by atoms with van der Waals surface area (Å²) in [7, 11) is 0. The van der Waals surface area contributed by atoms with Gasteiger partial charge in [-0.3, -0.25) is 4.79 Å². The predicted molar refractivity (Wildman–Crippen MR) is 67.6 cm³/mol. The third kappa shape index (κ3) is 6.17. The van der Waals surface area contributed by atoms with Crippen LogP contribution in [0.15, 0.2) is 24.3 Å². The maximum atomic E-state index is 10.3. The minimum absolute atomic E-state index is 0.227. The van der Waals surface area contributed by atoms with Crippen molar-refractivity contribution in [2.75, 3.05) is 6.61 Å². The quantitative estimate of drug-likeness (QED) is 0.811. The fourth-order valence-electron chi connectivity index (χ4n) is 1.45. The first-order chi connectivity index (χ1) is 8.08. The van der Waals surface area contributed by atoms with E-state index in [1.54, 1.807) is 12.1 Å². The molecule has 0 aliphatic carbocycles.